The third-order valence-corrected chi connectivity index (χ3v) is 2.18. The molecule has 0 fully saturated rings. The third-order valence-electron chi connectivity index (χ3n) is 2.18. The molecule has 0 aromatic heterocycles. The van der Waals surface area contributed by atoms with E-state index in [2.05, 4.69) is 5.32 Å². The van der Waals surface area contributed by atoms with Gasteiger partial charge in [-0.2, -0.15) is 0 Å². The van der Waals surface area contributed by atoms with Crippen LogP contribution >= 0.6 is 0 Å². The van der Waals surface area contributed by atoms with Crippen molar-refractivity contribution >= 4 is 11.8 Å². The molecule has 0 radical (unpaired) electrons. The van der Waals surface area contributed by atoms with Gasteiger partial charge in [0.1, 0.15) is 11.4 Å². The summed E-state index contributed by atoms with van der Waals surface area (Å²) in [7, 11) is 0. The molecular formula is C13H20N2O3. The highest BCUT2D eigenvalue weighted by Crippen LogP contribution is 2.26. The van der Waals surface area contributed by atoms with Gasteiger partial charge in [0.15, 0.2) is 0 Å². The van der Waals surface area contributed by atoms with Crippen molar-refractivity contribution in [1.82, 2.24) is 0 Å². The van der Waals surface area contributed by atoms with Crippen LogP contribution in [0.15, 0.2) is 18.2 Å². The van der Waals surface area contributed by atoms with Gasteiger partial charge >= 0.3 is 6.09 Å². The summed E-state index contributed by atoms with van der Waals surface area (Å²) in [5, 5.41) is 12.2. The molecule has 0 aliphatic rings. The Balaban J connectivity index is 2.77. The molecule has 0 heterocycles. The number of anilines is 1. The van der Waals surface area contributed by atoms with Gasteiger partial charge in [0.05, 0.1) is 5.69 Å². The number of benzene rings is 1. The number of hydrogen-bond donors (Lipinski definition) is 3. The molecule has 0 saturated carbocycles. The fourth-order valence-electron chi connectivity index (χ4n) is 1.35. The summed E-state index contributed by atoms with van der Waals surface area (Å²) in [6.07, 6.45) is -0.605. The second kappa shape index (κ2) is 5.27. The number of phenols is 1. The maximum Gasteiger partial charge on any atom is 0.412 e. The van der Waals surface area contributed by atoms with Crippen LogP contribution in [0.3, 0.4) is 0 Å². The van der Waals surface area contributed by atoms with Crippen LogP contribution in [0.25, 0.3) is 0 Å². The largest absolute Gasteiger partial charge is 0.506 e. The first-order valence-electron chi connectivity index (χ1n) is 5.77. The molecule has 1 aromatic rings. The van der Waals surface area contributed by atoms with E-state index in [-0.39, 0.29) is 11.8 Å². The number of aromatic hydroxyl groups is 1. The SMILES string of the molecule is C[C@@H](N)c1ccc(NC(=O)OC(C)(C)C)c(O)c1. The average molecular weight is 252 g/mol. The fourth-order valence-corrected chi connectivity index (χ4v) is 1.35. The van der Waals surface area contributed by atoms with Crippen molar-refractivity contribution in [3.8, 4) is 5.75 Å². The minimum absolute atomic E-state index is 0.0318. The predicted molar refractivity (Wildman–Crippen MR) is 70.6 cm³/mol. The second-order valence-electron chi connectivity index (χ2n) is 5.19. The number of ether oxygens (including phenoxy) is 1. The minimum Gasteiger partial charge on any atom is -0.506 e. The van der Waals surface area contributed by atoms with Crippen LogP contribution in [0, 0.1) is 0 Å². The molecule has 100 valence electrons. The normalized spacial score (nSPS) is 12.9. The van der Waals surface area contributed by atoms with E-state index in [1.165, 1.54) is 6.07 Å². The average Bonchev–Trinajstić information content (AvgIpc) is 2.17. The molecule has 18 heavy (non-hydrogen) atoms. The summed E-state index contributed by atoms with van der Waals surface area (Å²) in [5.74, 6) is -0.0318. The van der Waals surface area contributed by atoms with Crippen LogP contribution < -0.4 is 11.1 Å². The molecular weight excluding hydrogens is 232 g/mol. The van der Waals surface area contributed by atoms with E-state index >= 15 is 0 Å². The molecule has 0 bridgehead atoms. The maximum absolute atomic E-state index is 11.5. The Bertz CT molecular complexity index is 436. The molecule has 1 aromatic carbocycles. The van der Waals surface area contributed by atoms with Crippen molar-refractivity contribution in [3.05, 3.63) is 23.8 Å². The summed E-state index contributed by atoms with van der Waals surface area (Å²) in [4.78, 5) is 11.5. The van der Waals surface area contributed by atoms with Crippen molar-refractivity contribution in [2.45, 2.75) is 39.3 Å². The van der Waals surface area contributed by atoms with Crippen LogP contribution in [-0.4, -0.2) is 16.8 Å². The van der Waals surface area contributed by atoms with E-state index < -0.39 is 11.7 Å². The Morgan fingerprint density at radius 1 is 1.44 bits per heavy atom. The first-order chi connectivity index (χ1) is 8.19. The summed E-state index contributed by atoms with van der Waals surface area (Å²) in [6, 6.07) is 4.69. The standard InChI is InChI=1S/C13H20N2O3/c1-8(14)9-5-6-10(11(16)7-9)15-12(17)18-13(2,3)4/h5-8,16H,14H2,1-4H3,(H,15,17)/t8-/m1/s1. The zero-order valence-electron chi connectivity index (χ0n) is 11.2. The third kappa shape index (κ3) is 4.25. The van der Waals surface area contributed by atoms with E-state index in [0.717, 1.165) is 5.56 Å². The molecule has 4 N–H and O–H groups in total. The monoisotopic (exact) mass is 252 g/mol. The first-order valence-corrected chi connectivity index (χ1v) is 5.77. The molecule has 5 heteroatoms. The van der Waals surface area contributed by atoms with Gasteiger partial charge in [-0.3, -0.25) is 5.32 Å². The predicted octanol–water partition coefficient (Wildman–Crippen LogP) is 2.76. The molecule has 0 aliphatic heterocycles. The highest BCUT2D eigenvalue weighted by Gasteiger charge is 2.17. The van der Waals surface area contributed by atoms with Crippen LogP contribution in [0.1, 0.15) is 39.3 Å². The smallest absolute Gasteiger partial charge is 0.412 e. The molecule has 0 unspecified atom stereocenters. The van der Waals surface area contributed by atoms with Gasteiger partial charge in [0.2, 0.25) is 0 Å². The minimum atomic E-state index is -0.605. The number of phenolic OH excluding ortho intramolecular Hbond substituents is 1. The van der Waals surface area contributed by atoms with Gasteiger partial charge in [-0.05, 0) is 45.4 Å². The Labute approximate surface area is 107 Å². The van der Waals surface area contributed by atoms with Crippen molar-refractivity contribution in [2.75, 3.05) is 5.32 Å². The molecule has 1 amide bonds. The summed E-state index contributed by atoms with van der Waals surface area (Å²) < 4.78 is 5.09. The van der Waals surface area contributed by atoms with E-state index in [9.17, 15) is 9.90 Å². The van der Waals surface area contributed by atoms with Gasteiger partial charge in [0.25, 0.3) is 0 Å². The van der Waals surface area contributed by atoms with Crippen LogP contribution in [0.2, 0.25) is 0 Å². The van der Waals surface area contributed by atoms with Crippen LogP contribution in [0.4, 0.5) is 10.5 Å². The van der Waals surface area contributed by atoms with Crippen LogP contribution in [0.5, 0.6) is 5.75 Å². The first kappa shape index (κ1) is 14.3. The van der Waals surface area contributed by atoms with Gasteiger partial charge in [-0.1, -0.05) is 6.07 Å². The number of amides is 1. The number of carbonyl (C=O) groups excluding carboxylic acids is 1. The Hall–Kier alpha value is -1.75. The Morgan fingerprint density at radius 3 is 2.50 bits per heavy atom. The molecule has 1 atom stereocenters. The Morgan fingerprint density at radius 2 is 2.06 bits per heavy atom. The summed E-state index contributed by atoms with van der Waals surface area (Å²) >= 11 is 0. The van der Waals surface area contributed by atoms with E-state index in [0.29, 0.717) is 5.69 Å². The summed E-state index contributed by atoms with van der Waals surface area (Å²) in [5.41, 5.74) is 6.21. The quantitative estimate of drug-likeness (QED) is 0.706. The van der Waals surface area contributed by atoms with E-state index in [1.807, 2.05) is 6.92 Å². The molecule has 5 nitrogen and oxygen atoms in total. The number of hydrogen-bond acceptors (Lipinski definition) is 4. The number of rotatable bonds is 2. The van der Waals surface area contributed by atoms with Gasteiger partial charge < -0.3 is 15.6 Å². The lowest BCUT2D eigenvalue weighted by Gasteiger charge is -2.20. The lowest BCUT2D eigenvalue weighted by molar-refractivity contribution is 0.0635. The molecule has 0 saturated heterocycles. The molecule has 1 rings (SSSR count). The topological polar surface area (TPSA) is 84.6 Å². The van der Waals surface area contributed by atoms with Crippen molar-refractivity contribution in [1.29, 1.82) is 0 Å². The number of carbonyl (C=O) groups is 1. The zero-order valence-corrected chi connectivity index (χ0v) is 11.2. The highest BCUT2D eigenvalue weighted by molar-refractivity contribution is 5.86. The lowest BCUT2D eigenvalue weighted by Crippen LogP contribution is -2.27. The Kier molecular flexibility index (Phi) is 4.19. The fraction of sp³-hybridized carbons (Fsp3) is 0.462. The summed E-state index contributed by atoms with van der Waals surface area (Å²) in [6.45, 7) is 7.12. The van der Waals surface area contributed by atoms with Gasteiger partial charge in [-0.15, -0.1) is 0 Å². The van der Waals surface area contributed by atoms with E-state index in [1.54, 1.807) is 32.9 Å². The molecule has 0 aliphatic carbocycles. The highest BCUT2D eigenvalue weighted by atomic mass is 16.6. The second-order valence-corrected chi connectivity index (χ2v) is 5.19. The number of nitrogens with two attached hydrogens (primary N) is 1. The lowest BCUT2D eigenvalue weighted by atomic mass is 10.1. The van der Waals surface area contributed by atoms with Crippen molar-refractivity contribution in [2.24, 2.45) is 5.73 Å². The van der Waals surface area contributed by atoms with Crippen LogP contribution in [-0.2, 0) is 4.74 Å². The number of nitrogens with one attached hydrogen (secondary N) is 1. The van der Waals surface area contributed by atoms with Gasteiger partial charge in [-0.25, -0.2) is 4.79 Å². The van der Waals surface area contributed by atoms with Gasteiger partial charge in [0, 0.05) is 6.04 Å². The van der Waals surface area contributed by atoms with E-state index in [4.69, 9.17) is 10.5 Å². The molecule has 0 spiro atoms. The van der Waals surface area contributed by atoms with Crippen molar-refractivity contribution < 1.29 is 14.6 Å². The van der Waals surface area contributed by atoms with Crippen molar-refractivity contribution in [3.63, 3.8) is 0 Å². The zero-order chi connectivity index (χ0) is 13.9. The maximum atomic E-state index is 11.5.